The Balaban J connectivity index is 1.80. The highest BCUT2D eigenvalue weighted by molar-refractivity contribution is 9.10. The molecule has 7 nitrogen and oxygen atoms in total. The minimum Gasteiger partial charge on any atom is -0.306 e. The Morgan fingerprint density at radius 3 is 2.75 bits per heavy atom. The topological polar surface area (TPSA) is 92.7 Å². The molecular formula is C19H14BrN5O2S. The van der Waals surface area contributed by atoms with Crippen LogP contribution in [0.3, 0.4) is 0 Å². The van der Waals surface area contributed by atoms with Crippen molar-refractivity contribution in [3.8, 4) is 16.5 Å². The van der Waals surface area contributed by atoms with Crippen LogP contribution in [0.1, 0.15) is 16.1 Å². The van der Waals surface area contributed by atoms with Crippen LogP contribution in [0.5, 0.6) is 0 Å². The van der Waals surface area contributed by atoms with Gasteiger partial charge in [-0.2, -0.15) is 9.78 Å². The lowest BCUT2D eigenvalue weighted by Gasteiger charge is -2.09. The predicted molar refractivity (Wildman–Crippen MR) is 112 cm³/mol. The molecule has 9 heteroatoms. The first-order valence-corrected chi connectivity index (χ1v) is 9.97. The number of aryl methyl sites for hydroxylation is 1. The van der Waals surface area contributed by atoms with Crippen molar-refractivity contribution in [2.75, 3.05) is 5.32 Å². The summed E-state index contributed by atoms with van der Waals surface area (Å²) in [6.07, 6.45) is 0. The molecule has 0 aliphatic rings. The molecule has 28 heavy (non-hydrogen) atoms. The Kier molecular flexibility index (Phi) is 4.93. The second-order valence-corrected chi connectivity index (χ2v) is 7.75. The van der Waals surface area contributed by atoms with Gasteiger partial charge in [-0.3, -0.25) is 14.6 Å². The number of nitrogens with zero attached hydrogens (tertiary/aromatic N) is 3. The van der Waals surface area contributed by atoms with Gasteiger partial charge in [0.15, 0.2) is 0 Å². The first-order valence-electron chi connectivity index (χ1n) is 8.29. The molecule has 1 amide bonds. The van der Waals surface area contributed by atoms with E-state index in [0.29, 0.717) is 27.2 Å². The summed E-state index contributed by atoms with van der Waals surface area (Å²) in [7, 11) is 0. The van der Waals surface area contributed by atoms with Crippen LogP contribution in [-0.2, 0) is 0 Å². The van der Waals surface area contributed by atoms with Crippen LogP contribution in [0.4, 0.5) is 5.82 Å². The number of anilines is 1. The lowest BCUT2D eigenvalue weighted by atomic mass is 10.2. The van der Waals surface area contributed by atoms with Gasteiger partial charge < -0.3 is 5.32 Å². The number of thiophene rings is 1. The number of H-pyrrole nitrogens is 1. The van der Waals surface area contributed by atoms with Crippen LogP contribution in [-0.4, -0.2) is 25.7 Å². The largest absolute Gasteiger partial charge is 0.306 e. The molecule has 4 aromatic rings. The number of nitrogens with one attached hydrogen (secondary N) is 2. The normalized spacial score (nSPS) is 10.8. The molecule has 0 radical (unpaired) electrons. The molecule has 0 saturated heterocycles. The summed E-state index contributed by atoms with van der Waals surface area (Å²) in [5.74, 6) is 0.328. The maximum absolute atomic E-state index is 12.8. The highest BCUT2D eigenvalue weighted by Gasteiger charge is 2.18. The van der Waals surface area contributed by atoms with Crippen molar-refractivity contribution in [2.45, 2.75) is 6.92 Å². The van der Waals surface area contributed by atoms with E-state index in [1.54, 1.807) is 31.2 Å². The number of hydrogen-bond donors (Lipinski definition) is 2. The standard InChI is InChI=1S/C19H14BrN5O2S/c1-11-9-17(26)23-19(21-11)25-16(10-14(24-25)15-7-4-8-28-15)22-18(27)12-5-2-3-6-13(12)20/h2-10H,1H3,(H,22,27)(H,21,23,26). The smallest absolute Gasteiger partial charge is 0.257 e. The van der Waals surface area contributed by atoms with Gasteiger partial charge in [0.05, 0.1) is 10.4 Å². The molecule has 0 saturated carbocycles. The Hall–Kier alpha value is -3.04. The summed E-state index contributed by atoms with van der Waals surface area (Å²) in [5, 5.41) is 9.35. The van der Waals surface area contributed by atoms with E-state index in [-0.39, 0.29) is 17.4 Å². The number of rotatable bonds is 4. The number of carbonyl (C=O) groups is 1. The highest BCUT2D eigenvalue weighted by Crippen LogP contribution is 2.28. The first-order chi connectivity index (χ1) is 13.5. The fourth-order valence-electron chi connectivity index (χ4n) is 2.67. The van der Waals surface area contributed by atoms with Crippen molar-refractivity contribution < 1.29 is 4.79 Å². The Labute approximate surface area is 172 Å². The van der Waals surface area contributed by atoms with Crippen molar-refractivity contribution >= 4 is 39.0 Å². The summed E-state index contributed by atoms with van der Waals surface area (Å²) in [5.41, 5.74) is 1.41. The van der Waals surface area contributed by atoms with Gasteiger partial charge in [0.1, 0.15) is 11.5 Å². The van der Waals surface area contributed by atoms with Gasteiger partial charge in [0, 0.05) is 22.3 Å². The van der Waals surface area contributed by atoms with Crippen molar-refractivity contribution in [3.05, 3.63) is 80.0 Å². The summed E-state index contributed by atoms with van der Waals surface area (Å²) in [4.78, 5) is 32.6. The van der Waals surface area contributed by atoms with Gasteiger partial charge in [-0.15, -0.1) is 11.3 Å². The van der Waals surface area contributed by atoms with Crippen molar-refractivity contribution in [1.82, 2.24) is 19.7 Å². The molecular weight excluding hydrogens is 442 g/mol. The van der Waals surface area contributed by atoms with Crippen LogP contribution >= 0.6 is 27.3 Å². The molecule has 0 aliphatic heterocycles. The Morgan fingerprint density at radius 1 is 1.21 bits per heavy atom. The average molecular weight is 456 g/mol. The third-order valence-corrected chi connectivity index (χ3v) is 5.48. The fraction of sp³-hybridized carbons (Fsp3) is 0.0526. The quantitative estimate of drug-likeness (QED) is 0.486. The van der Waals surface area contributed by atoms with Gasteiger partial charge in [-0.1, -0.05) is 18.2 Å². The van der Waals surface area contributed by atoms with E-state index >= 15 is 0 Å². The molecule has 3 heterocycles. The predicted octanol–water partition coefficient (Wildman–Crippen LogP) is 4.01. The minimum absolute atomic E-state index is 0.232. The number of halogens is 1. The lowest BCUT2D eigenvalue weighted by Crippen LogP contribution is -2.19. The molecule has 0 spiro atoms. The van der Waals surface area contributed by atoms with E-state index in [9.17, 15) is 9.59 Å². The summed E-state index contributed by atoms with van der Waals surface area (Å²) in [6, 6.07) is 14.1. The molecule has 0 unspecified atom stereocenters. The summed E-state index contributed by atoms with van der Waals surface area (Å²) < 4.78 is 2.11. The molecule has 2 N–H and O–H groups in total. The average Bonchev–Trinajstić information content (AvgIpc) is 3.30. The van der Waals surface area contributed by atoms with Crippen molar-refractivity contribution in [2.24, 2.45) is 0 Å². The zero-order valence-electron chi connectivity index (χ0n) is 14.6. The molecule has 0 bridgehead atoms. The van der Waals surface area contributed by atoms with Crippen LogP contribution < -0.4 is 10.9 Å². The van der Waals surface area contributed by atoms with Crippen LogP contribution in [0, 0.1) is 6.92 Å². The molecule has 0 fully saturated rings. The van der Waals surface area contributed by atoms with E-state index in [1.807, 2.05) is 23.6 Å². The molecule has 4 rings (SSSR count). The minimum atomic E-state index is -0.304. The second kappa shape index (κ2) is 7.53. The number of amides is 1. The Bertz CT molecular complexity index is 1210. The summed E-state index contributed by atoms with van der Waals surface area (Å²) in [6.45, 7) is 1.72. The third-order valence-electron chi connectivity index (χ3n) is 3.90. The maximum Gasteiger partial charge on any atom is 0.257 e. The van der Waals surface area contributed by atoms with Crippen molar-refractivity contribution in [3.63, 3.8) is 0 Å². The van der Waals surface area contributed by atoms with Gasteiger partial charge >= 0.3 is 0 Å². The van der Waals surface area contributed by atoms with E-state index in [1.165, 1.54) is 22.1 Å². The Morgan fingerprint density at radius 2 is 2.04 bits per heavy atom. The van der Waals surface area contributed by atoms with E-state index < -0.39 is 0 Å². The second-order valence-electron chi connectivity index (χ2n) is 5.95. The van der Waals surface area contributed by atoms with Crippen LogP contribution in [0.25, 0.3) is 16.5 Å². The van der Waals surface area contributed by atoms with Gasteiger partial charge in [0.2, 0.25) is 5.95 Å². The van der Waals surface area contributed by atoms with E-state index in [0.717, 1.165) is 4.88 Å². The van der Waals surface area contributed by atoms with Crippen LogP contribution in [0.15, 0.2) is 63.2 Å². The molecule has 1 aromatic carbocycles. The fourth-order valence-corrected chi connectivity index (χ4v) is 3.82. The number of aromatic nitrogens is 4. The number of hydrogen-bond acceptors (Lipinski definition) is 5. The number of aromatic amines is 1. The van der Waals surface area contributed by atoms with Gasteiger partial charge in [-0.25, -0.2) is 4.98 Å². The van der Waals surface area contributed by atoms with Crippen LogP contribution in [0.2, 0.25) is 0 Å². The summed E-state index contributed by atoms with van der Waals surface area (Å²) >= 11 is 4.92. The van der Waals surface area contributed by atoms with E-state index in [2.05, 4.69) is 36.3 Å². The van der Waals surface area contributed by atoms with Gasteiger partial charge in [-0.05, 0) is 46.4 Å². The number of benzene rings is 1. The van der Waals surface area contributed by atoms with E-state index in [4.69, 9.17) is 0 Å². The molecule has 140 valence electrons. The number of carbonyl (C=O) groups excluding carboxylic acids is 1. The molecule has 0 atom stereocenters. The molecule has 0 aliphatic carbocycles. The zero-order valence-corrected chi connectivity index (χ0v) is 17.0. The molecule has 3 aromatic heterocycles. The highest BCUT2D eigenvalue weighted by atomic mass is 79.9. The maximum atomic E-state index is 12.8. The SMILES string of the molecule is Cc1cc(=O)[nH]c(-n2nc(-c3cccs3)cc2NC(=O)c2ccccc2Br)n1. The first kappa shape index (κ1) is 18.3. The van der Waals surface area contributed by atoms with Crippen molar-refractivity contribution in [1.29, 1.82) is 0 Å². The monoisotopic (exact) mass is 455 g/mol. The zero-order chi connectivity index (χ0) is 19.7. The third kappa shape index (κ3) is 3.67. The van der Waals surface area contributed by atoms with Gasteiger partial charge in [0.25, 0.3) is 11.5 Å². The lowest BCUT2D eigenvalue weighted by molar-refractivity contribution is 0.102.